The third-order valence-electron chi connectivity index (χ3n) is 2.93. The predicted molar refractivity (Wildman–Crippen MR) is 93.1 cm³/mol. The molecule has 0 heterocycles. The molecule has 0 spiro atoms. The van der Waals surface area contributed by atoms with Crippen LogP contribution in [0.2, 0.25) is 5.02 Å². The van der Waals surface area contributed by atoms with Gasteiger partial charge in [-0.1, -0.05) is 29.8 Å². The van der Waals surface area contributed by atoms with Crippen molar-refractivity contribution in [3.05, 3.63) is 71.8 Å². The molecular formula is C17H16ClN3O2. The van der Waals surface area contributed by atoms with Crippen LogP contribution in [0.15, 0.2) is 61.2 Å². The Morgan fingerprint density at radius 2 is 1.61 bits per heavy atom. The average molecular weight is 330 g/mol. The molecule has 0 radical (unpaired) electrons. The van der Waals surface area contributed by atoms with E-state index < -0.39 is 0 Å². The van der Waals surface area contributed by atoms with E-state index in [2.05, 4.69) is 22.5 Å². The molecule has 0 aromatic heterocycles. The lowest BCUT2D eigenvalue weighted by Gasteiger charge is -2.09. The van der Waals surface area contributed by atoms with Crippen molar-refractivity contribution in [2.75, 3.05) is 17.2 Å². The van der Waals surface area contributed by atoms with E-state index in [4.69, 9.17) is 11.6 Å². The maximum atomic E-state index is 12.1. The van der Waals surface area contributed by atoms with Crippen LogP contribution in [0.4, 0.5) is 16.2 Å². The zero-order valence-corrected chi connectivity index (χ0v) is 13.1. The van der Waals surface area contributed by atoms with Crippen LogP contribution >= 0.6 is 11.6 Å². The first-order valence-electron chi connectivity index (χ1n) is 6.92. The largest absolute Gasteiger partial charge is 0.334 e. The fourth-order valence-electron chi connectivity index (χ4n) is 1.82. The number of rotatable bonds is 5. The van der Waals surface area contributed by atoms with Gasteiger partial charge in [-0.2, -0.15) is 0 Å². The fraction of sp³-hybridized carbons (Fsp3) is 0.0588. The van der Waals surface area contributed by atoms with E-state index in [9.17, 15) is 9.59 Å². The summed E-state index contributed by atoms with van der Waals surface area (Å²) < 4.78 is 0. The highest BCUT2D eigenvalue weighted by molar-refractivity contribution is 6.34. The maximum Gasteiger partial charge on any atom is 0.319 e. The van der Waals surface area contributed by atoms with Crippen molar-refractivity contribution in [1.29, 1.82) is 0 Å². The van der Waals surface area contributed by atoms with Gasteiger partial charge in [0.15, 0.2) is 0 Å². The molecular weight excluding hydrogens is 314 g/mol. The number of anilines is 2. The molecule has 23 heavy (non-hydrogen) atoms. The number of amides is 3. The lowest BCUT2D eigenvalue weighted by molar-refractivity contribution is 0.102. The highest BCUT2D eigenvalue weighted by Gasteiger charge is 2.09. The van der Waals surface area contributed by atoms with Crippen molar-refractivity contribution in [2.45, 2.75) is 0 Å². The first-order valence-corrected chi connectivity index (χ1v) is 7.29. The molecule has 2 aromatic rings. The standard InChI is InChI=1S/C17H16ClN3O2/c1-2-11-19-17(23)21-13-9-7-12(8-10-13)20-16(22)14-5-3-4-6-15(14)18/h2-10H,1,11H2,(H,20,22)(H2,19,21,23). The number of hydrogen-bond donors (Lipinski definition) is 3. The van der Waals surface area contributed by atoms with Crippen molar-refractivity contribution < 1.29 is 9.59 Å². The Bertz CT molecular complexity index is 714. The zero-order chi connectivity index (χ0) is 16.7. The molecule has 0 saturated carbocycles. The van der Waals surface area contributed by atoms with Crippen LogP contribution in [0, 0.1) is 0 Å². The second-order valence-electron chi connectivity index (χ2n) is 4.64. The van der Waals surface area contributed by atoms with Crippen LogP contribution in [-0.4, -0.2) is 18.5 Å². The highest BCUT2D eigenvalue weighted by Crippen LogP contribution is 2.18. The Kier molecular flexibility index (Phi) is 5.77. The predicted octanol–water partition coefficient (Wildman–Crippen LogP) is 3.90. The maximum absolute atomic E-state index is 12.1. The minimum Gasteiger partial charge on any atom is -0.334 e. The number of nitrogens with one attached hydrogen (secondary N) is 3. The molecule has 2 aromatic carbocycles. The molecule has 0 aliphatic heterocycles. The molecule has 3 N–H and O–H groups in total. The normalized spacial score (nSPS) is 9.78. The van der Waals surface area contributed by atoms with Gasteiger partial charge in [-0.05, 0) is 36.4 Å². The van der Waals surface area contributed by atoms with Gasteiger partial charge in [-0.25, -0.2) is 4.79 Å². The Hall–Kier alpha value is -2.79. The van der Waals surface area contributed by atoms with Crippen molar-refractivity contribution >= 4 is 34.9 Å². The number of halogens is 1. The third-order valence-corrected chi connectivity index (χ3v) is 3.26. The molecule has 3 amide bonds. The Balaban J connectivity index is 1.97. The molecule has 2 rings (SSSR count). The van der Waals surface area contributed by atoms with Gasteiger partial charge in [0.1, 0.15) is 0 Å². The van der Waals surface area contributed by atoms with Crippen LogP contribution in [0.5, 0.6) is 0 Å². The molecule has 0 atom stereocenters. The number of urea groups is 1. The van der Waals surface area contributed by atoms with E-state index in [0.29, 0.717) is 28.5 Å². The van der Waals surface area contributed by atoms with Gasteiger partial charge < -0.3 is 16.0 Å². The molecule has 0 fully saturated rings. The summed E-state index contributed by atoms with van der Waals surface area (Å²) >= 11 is 5.99. The SMILES string of the molecule is C=CCNC(=O)Nc1ccc(NC(=O)c2ccccc2Cl)cc1. The summed E-state index contributed by atoms with van der Waals surface area (Å²) in [6.07, 6.45) is 1.59. The minimum absolute atomic E-state index is 0.292. The summed E-state index contributed by atoms with van der Waals surface area (Å²) in [5.41, 5.74) is 1.62. The van der Waals surface area contributed by atoms with E-state index in [1.54, 1.807) is 54.6 Å². The summed E-state index contributed by atoms with van der Waals surface area (Å²) in [7, 11) is 0. The lowest BCUT2D eigenvalue weighted by atomic mass is 10.2. The molecule has 0 aliphatic rings. The smallest absolute Gasteiger partial charge is 0.319 e. The molecule has 6 heteroatoms. The topological polar surface area (TPSA) is 70.2 Å². The van der Waals surface area contributed by atoms with E-state index in [0.717, 1.165) is 0 Å². The Morgan fingerprint density at radius 3 is 2.22 bits per heavy atom. The fourth-order valence-corrected chi connectivity index (χ4v) is 2.04. The van der Waals surface area contributed by atoms with Gasteiger partial charge in [0.25, 0.3) is 5.91 Å². The number of benzene rings is 2. The van der Waals surface area contributed by atoms with E-state index in [-0.39, 0.29) is 11.9 Å². The van der Waals surface area contributed by atoms with Gasteiger partial charge in [-0.15, -0.1) is 6.58 Å². The van der Waals surface area contributed by atoms with Crippen molar-refractivity contribution in [3.63, 3.8) is 0 Å². The van der Waals surface area contributed by atoms with Gasteiger partial charge in [-0.3, -0.25) is 4.79 Å². The monoisotopic (exact) mass is 329 g/mol. The van der Waals surface area contributed by atoms with Crippen LogP contribution in [0.1, 0.15) is 10.4 Å². The van der Waals surface area contributed by atoms with Crippen LogP contribution in [-0.2, 0) is 0 Å². The number of hydrogen-bond acceptors (Lipinski definition) is 2. The third kappa shape index (κ3) is 4.86. The average Bonchev–Trinajstić information content (AvgIpc) is 2.55. The minimum atomic E-state index is -0.322. The van der Waals surface area contributed by atoms with Gasteiger partial charge >= 0.3 is 6.03 Å². The molecule has 0 saturated heterocycles. The summed E-state index contributed by atoms with van der Waals surface area (Å²) in [4.78, 5) is 23.6. The molecule has 0 unspecified atom stereocenters. The van der Waals surface area contributed by atoms with Crippen molar-refractivity contribution in [1.82, 2.24) is 5.32 Å². The Labute approximate surface area is 139 Å². The van der Waals surface area contributed by atoms with Crippen LogP contribution in [0.3, 0.4) is 0 Å². The summed E-state index contributed by atoms with van der Waals surface area (Å²) in [6, 6.07) is 13.3. The van der Waals surface area contributed by atoms with E-state index >= 15 is 0 Å². The molecule has 118 valence electrons. The Morgan fingerprint density at radius 1 is 1.00 bits per heavy atom. The molecule has 0 aliphatic carbocycles. The van der Waals surface area contributed by atoms with Gasteiger partial charge in [0.2, 0.25) is 0 Å². The molecule has 0 bridgehead atoms. The van der Waals surface area contributed by atoms with E-state index in [1.165, 1.54) is 0 Å². The van der Waals surface area contributed by atoms with Crippen molar-refractivity contribution in [3.8, 4) is 0 Å². The molecule has 5 nitrogen and oxygen atoms in total. The van der Waals surface area contributed by atoms with Gasteiger partial charge in [0, 0.05) is 17.9 Å². The number of carbonyl (C=O) groups is 2. The van der Waals surface area contributed by atoms with Crippen LogP contribution in [0.25, 0.3) is 0 Å². The zero-order valence-electron chi connectivity index (χ0n) is 12.3. The first kappa shape index (κ1) is 16.6. The van der Waals surface area contributed by atoms with Gasteiger partial charge in [0.05, 0.1) is 10.6 Å². The second-order valence-corrected chi connectivity index (χ2v) is 5.04. The second kappa shape index (κ2) is 8.00. The summed E-state index contributed by atoms with van der Waals surface area (Å²) in [5.74, 6) is -0.292. The van der Waals surface area contributed by atoms with E-state index in [1.807, 2.05) is 0 Å². The summed E-state index contributed by atoms with van der Waals surface area (Å²) in [6.45, 7) is 3.90. The quantitative estimate of drug-likeness (QED) is 0.728. The highest BCUT2D eigenvalue weighted by atomic mass is 35.5. The van der Waals surface area contributed by atoms with Crippen LogP contribution < -0.4 is 16.0 Å². The summed E-state index contributed by atoms with van der Waals surface area (Å²) in [5, 5.41) is 8.41. The lowest BCUT2D eigenvalue weighted by Crippen LogP contribution is -2.28. The number of carbonyl (C=O) groups excluding carboxylic acids is 2. The first-order chi connectivity index (χ1) is 11.1. The van der Waals surface area contributed by atoms with Crippen molar-refractivity contribution in [2.24, 2.45) is 0 Å².